The number of rotatable bonds is 8. The average Bonchev–Trinajstić information content (AvgIpc) is 2.42. The molecule has 0 aliphatic rings. The first-order chi connectivity index (χ1) is 9.11. The molecule has 0 saturated heterocycles. The minimum atomic E-state index is -0.503. The third-order valence-corrected chi connectivity index (χ3v) is 3.00. The van der Waals surface area contributed by atoms with Gasteiger partial charge in [-0.1, -0.05) is 29.8 Å². The van der Waals surface area contributed by atoms with E-state index < -0.39 is 6.10 Å². The molecule has 0 fully saturated rings. The molecule has 2 N–H and O–H groups in total. The van der Waals surface area contributed by atoms with Crippen molar-refractivity contribution in [2.75, 3.05) is 20.2 Å². The first-order valence-electron chi connectivity index (χ1n) is 6.63. The number of aliphatic hydroxyl groups is 1. The highest BCUT2D eigenvalue weighted by atomic mass is 16.5. The molecule has 0 aromatic heterocycles. The predicted molar refractivity (Wildman–Crippen MR) is 75.0 cm³/mol. The van der Waals surface area contributed by atoms with Crippen molar-refractivity contribution in [3.8, 4) is 0 Å². The molecular weight excluding hydrogens is 242 g/mol. The van der Waals surface area contributed by atoms with E-state index >= 15 is 0 Å². The van der Waals surface area contributed by atoms with Crippen molar-refractivity contribution in [2.45, 2.75) is 32.3 Å². The van der Waals surface area contributed by atoms with Gasteiger partial charge in [0.25, 0.3) is 0 Å². The molecule has 4 nitrogen and oxygen atoms in total. The largest absolute Gasteiger partial charge is 0.469 e. The summed E-state index contributed by atoms with van der Waals surface area (Å²) in [5.41, 5.74) is 2.54. The van der Waals surface area contributed by atoms with Gasteiger partial charge in [0.05, 0.1) is 13.2 Å². The molecule has 4 heteroatoms. The van der Waals surface area contributed by atoms with Gasteiger partial charge in [-0.15, -0.1) is 0 Å². The Balaban J connectivity index is 2.10. The van der Waals surface area contributed by atoms with E-state index in [0.717, 1.165) is 13.0 Å². The smallest absolute Gasteiger partial charge is 0.305 e. The molecular formula is C15H23NO3. The third kappa shape index (κ3) is 6.94. The first kappa shape index (κ1) is 15.7. The van der Waals surface area contributed by atoms with Crippen molar-refractivity contribution < 1.29 is 14.6 Å². The van der Waals surface area contributed by atoms with Crippen LogP contribution in [0.25, 0.3) is 0 Å². The Kier molecular flexibility index (Phi) is 7.15. The van der Waals surface area contributed by atoms with E-state index in [0.29, 0.717) is 13.0 Å². The summed E-state index contributed by atoms with van der Waals surface area (Å²) in [6.45, 7) is 3.39. The van der Waals surface area contributed by atoms with E-state index in [1.807, 2.05) is 0 Å². The Hall–Kier alpha value is -1.39. The molecule has 1 unspecified atom stereocenters. The number of aryl methyl sites for hydroxylation is 1. The highest BCUT2D eigenvalue weighted by Crippen LogP contribution is 2.03. The van der Waals surface area contributed by atoms with Crippen LogP contribution in [0.2, 0.25) is 0 Å². The maximum atomic E-state index is 10.9. The van der Waals surface area contributed by atoms with Crippen LogP contribution in [0.4, 0.5) is 0 Å². The minimum Gasteiger partial charge on any atom is -0.469 e. The molecule has 1 atom stereocenters. The maximum Gasteiger partial charge on any atom is 0.305 e. The molecule has 0 spiro atoms. The van der Waals surface area contributed by atoms with E-state index in [-0.39, 0.29) is 12.4 Å². The van der Waals surface area contributed by atoms with Gasteiger partial charge in [-0.05, 0) is 31.9 Å². The van der Waals surface area contributed by atoms with Gasteiger partial charge in [-0.3, -0.25) is 4.79 Å². The van der Waals surface area contributed by atoms with Gasteiger partial charge in [0, 0.05) is 13.0 Å². The van der Waals surface area contributed by atoms with Crippen molar-refractivity contribution in [3.63, 3.8) is 0 Å². The molecule has 0 saturated carbocycles. The van der Waals surface area contributed by atoms with Gasteiger partial charge in [0.2, 0.25) is 0 Å². The van der Waals surface area contributed by atoms with Crippen LogP contribution >= 0.6 is 0 Å². The second-order valence-corrected chi connectivity index (χ2v) is 4.71. The number of ether oxygens (including phenoxy) is 1. The predicted octanol–water partition coefficient (Wildman–Crippen LogP) is 1.44. The van der Waals surface area contributed by atoms with E-state index in [1.165, 1.54) is 18.2 Å². The van der Waals surface area contributed by atoms with Crippen molar-refractivity contribution in [3.05, 3.63) is 35.4 Å². The van der Waals surface area contributed by atoms with Gasteiger partial charge in [-0.25, -0.2) is 0 Å². The highest BCUT2D eigenvalue weighted by Gasteiger charge is 2.07. The van der Waals surface area contributed by atoms with E-state index in [1.54, 1.807) is 0 Å². The number of benzene rings is 1. The topological polar surface area (TPSA) is 58.6 Å². The summed E-state index contributed by atoms with van der Waals surface area (Å²) >= 11 is 0. The summed E-state index contributed by atoms with van der Waals surface area (Å²) in [4.78, 5) is 10.9. The van der Waals surface area contributed by atoms with Crippen molar-refractivity contribution in [2.24, 2.45) is 0 Å². The van der Waals surface area contributed by atoms with Crippen LogP contribution in [0.5, 0.6) is 0 Å². The number of hydrogen-bond acceptors (Lipinski definition) is 4. The summed E-state index contributed by atoms with van der Waals surface area (Å²) in [5, 5.41) is 12.8. The van der Waals surface area contributed by atoms with Crippen molar-refractivity contribution in [1.82, 2.24) is 5.32 Å². The number of carbonyl (C=O) groups is 1. The second kappa shape index (κ2) is 8.67. The molecule has 1 aromatic carbocycles. The third-order valence-electron chi connectivity index (χ3n) is 3.00. The molecule has 0 aliphatic heterocycles. The maximum absolute atomic E-state index is 10.9. The second-order valence-electron chi connectivity index (χ2n) is 4.71. The fourth-order valence-corrected chi connectivity index (χ4v) is 1.74. The SMILES string of the molecule is COC(=O)CCC(O)CNCCc1ccc(C)cc1. The Morgan fingerprint density at radius 1 is 1.37 bits per heavy atom. The van der Waals surface area contributed by atoms with Crippen molar-refractivity contribution in [1.29, 1.82) is 0 Å². The van der Waals surface area contributed by atoms with Crippen LogP contribution in [0.3, 0.4) is 0 Å². The standard InChI is InChI=1S/C15H23NO3/c1-12-3-5-13(6-4-12)9-10-16-11-14(17)7-8-15(18)19-2/h3-6,14,16-17H,7-11H2,1-2H3. The summed E-state index contributed by atoms with van der Waals surface area (Å²) in [6.07, 6.45) is 1.13. The number of aliphatic hydroxyl groups excluding tert-OH is 1. The molecule has 0 aliphatic carbocycles. The number of nitrogens with one attached hydrogen (secondary N) is 1. The molecule has 0 heterocycles. The first-order valence-corrected chi connectivity index (χ1v) is 6.63. The zero-order valence-corrected chi connectivity index (χ0v) is 11.7. The average molecular weight is 265 g/mol. The zero-order chi connectivity index (χ0) is 14.1. The van der Waals surface area contributed by atoms with Gasteiger partial charge < -0.3 is 15.2 Å². The molecule has 0 radical (unpaired) electrons. The Labute approximate surface area is 114 Å². The summed E-state index contributed by atoms with van der Waals surface area (Å²) < 4.78 is 4.52. The summed E-state index contributed by atoms with van der Waals surface area (Å²) in [5.74, 6) is -0.279. The summed E-state index contributed by atoms with van der Waals surface area (Å²) in [7, 11) is 1.36. The van der Waals surface area contributed by atoms with Gasteiger partial charge in [0.15, 0.2) is 0 Å². The van der Waals surface area contributed by atoms with E-state index in [9.17, 15) is 9.90 Å². The number of hydrogen-bond donors (Lipinski definition) is 2. The number of esters is 1. The van der Waals surface area contributed by atoms with Gasteiger partial charge in [-0.2, -0.15) is 0 Å². The Morgan fingerprint density at radius 2 is 2.05 bits per heavy atom. The number of carbonyl (C=O) groups excluding carboxylic acids is 1. The Bertz CT molecular complexity index is 375. The lowest BCUT2D eigenvalue weighted by Gasteiger charge is -2.11. The quantitative estimate of drug-likeness (QED) is 0.551. The van der Waals surface area contributed by atoms with Crippen molar-refractivity contribution >= 4 is 5.97 Å². The van der Waals surface area contributed by atoms with Crippen LogP contribution in [-0.2, 0) is 16.0 Å². The number of methoxy groups -OCH3 is 1. The van der Waals surface area contributed by atoms with Crippen LogP contribution in [0.1, 0.15) is 24.0 Å². The molecule has 1 aromatic rings. The fraction of sp³-hybridized carbons (Fsp3) is 0.533. The summed E-state index contributed by atoms with van der Waals surface area (Å²) in [6, 6.07) is 8.43. The van der Waals surface area contributed by atoms with Crippen LogP contribution < -0.4 is 5.32 Å². The van der Waals surface area contributed by atoms with Crippen LogP contribution in [-0.4, -0.2) is 37.4 Å². The lowest BCUT2D eigenvalue weighted by atomic mass is 10.1. The van der Waals surface area contributed by atoms with Crippen LogP contribution in [0.15, 0.2) is 24.3 Å². The highest BCUT2D eigenvalue weighted by molar-refractivity contribution is 5.69. The lowest BCUT2D eigenvalue weighted by molar-refractivity contribution is -0.141. The van der Waals surface area contributed by atoms with Gasteiger partial charge in [0.1, 0.15) is 0 Å². The van der Waals surface area contributed by atoms with E-state index in [4.69, 9.17) is 0 Å². The van der Waals surface area contributed by atoms with Crippen LogP contribution in [0, 0.1) is 6.92 Å². The molecule has 19 heavy (non-hydrogen) atoms. The van der Waals surface area contributed by atoms with Gasteiger partial charge >= 0.3 is 5.97 Å². The molecule has 1 rings (SSSR count). The molecule has 0 amide bonds. The Morgan fingerprint density at radius 3 is 2.68 bits per heavy atom. The monoisotopic (exact) mass is 265 g/mol. The zero-order valence-electron chi connectivity index (χ0n) is 11.7. The van der Waals surface area contributed by atoms with E-state index in [2.05, 4.69) is 41.2 Å². The molecule has 0 bridgehead atoms. The minimum absolute atomic E-state index is 0.261. The fourth-order valence-electron chi connectivity index (χ4n) is 1.74. The normalized spacial score (nSPS) is 12.2. The molecule has 106 valence electrons. The lowest BCUT2D eigenvalue weighted by Crippen LogP contribution is -2.29.